The lowest BCUT2D eigenvalue weighted by Crippen LogP contribution is -2.37. The number of nitrogens with one attached hydrogen (secondary N) is 1. The van der Waals surface area contributed by atoms with Crippen LogP contribution in [0, 0.1) is 0 Å². The Hall–Kier alpha value is -2.64. The minimum absolute atomic E-state index is 0.0888. The van der Waals surface area contributed by atoms with Gasteiger partial charge in [-0.3, -0.25) is 9.69 Å². The van der Waals surface area contributed by atoms with Crippen LogP contribution in [0.25, 0.3) is 11.7 Å². The fraction of sp³-hybridized carbons (Fsp3) is 0.316. The molecule has 0 radical (unpaired) electrons. The van der Waals surface area contributed by atoms with Crippen LogP contribution in [0.2, 0.25) is 5.02 Å². The molecule has 1 N–H and O–H groups in total. The van der Waals surface area contributed by atoms with Crippen LogP contribution in [0.3, 0.4) is 0 Å². The molecule has 0 saturated heterocycles. The second-order valence-electron chi connectivity index (χ2n) is 6.06. The Bertz CT molecular complexity index is 863. The number of furan rings is 1. The normalized spacial score (nSPS) is 11.1. The first kappa shape index (κ1) is 19.1. The van der Waals surface area contributed by atoms with Crippen LogP contribution in [0.1, 0.15) is 24.8 Å². The van der Waals surface area contributed by atoms with E-state index in [1.165, 1.54) is 0 Å². The molecule has 0 fully saturated rings. The third kappa shape index (κ3) is 5.42. The number of aromatic nitrogens is 2. The molecule has 0 aliphatic carbocycles. The van der Waals surface area contributed by atoms with E-state index in [0.29, 0.717) is 35.7 Å². The fourth-order valence-electron chi connectivity index (χ4n) is 2.63. The molecule has 0 aliphatic rings. The molecule has 0 spiro atoms. The Morgan fingerprint density at radius 3 is 2.81 bits per heavy atom. The molecule has 7 nitrogen and oxygen atoms in total. The molecule has 1 amide bonds. The van der Waals surface area contributed by atoms with Gasteiger partial charge < -0.3 is 14.2 Å². The predicted octanol–water partition coefficient (Wildman–Crippen LogP) is 3.51. The number of hydrogen-bond donors (Lipinski definition) is 1. The number of hydrogen-bond acceptors (Lipinski definition) is 6. The van der Waals surface area contributed by atoms with Crippen LogP contribution >= 0.6 is 11.6 Å². The summed E-state index contributed by atoms with van der Waals surface area (Å²) in [7, 11) is 0. The minimum atomic E-state index is -0.0888. The van der Waals surface area contributed by atoms with Gasteiger partial charge in [-0.2, -0.15) is 0 Å². The summed E-state index contributed by atoms with van der Waals surface area (Å²) < 4.78 is 10.9. The van der Waals surface area contributed by atoms with Gasteiger partial charge >= 0.3 is 0 Å². The molecule has 3 rings (SSSR count). The third-order valence-corrected chi connectivity index (χ3v) is 4.27. The summed E-state index contributed by atoms with van der Waals surface area (Å²) in [5.41, 5.74) is 0.884. The summed E-state index contributed by atoms with van der Waals surface area (Å²) in [5, 5.41) is 11.6. The largest absolute Gasteiger partial charge is 0.459 e. The van der Waals surface area contributed by atoms with Crippen LogP contribution in [0.4, 0.5) is 0 Å². The van der Waals surface area contributed by atoms with Crippen molar-refractivity contribution in [3.63, 3.8) is 0 Å². The highest BCUT2D eigenvalue weighted by molar-refractivity contribution is 6.31. The van der Waals surface area contributed by atoms with Crippen LogP contribution in [-0.4, -0.2) is 34.1 Å². The van der Waals surface area contributed by atoms with Crippen molar-refractivity contribution < 1.29 is 13.6 Å². The zero-order chi connectivity index (χ0) is 19.1. The molecule has 1 aromatic carbocycles. The molecule has 0 saturated carbocycles. The van der Waals surface area contributed by atoms with Crippen molar-refractivity contribution in [2.45, 2.75) is 26.4 Å². The number of rotatable bonds is 9. The maximum atomic E-state index is 12.3. The van der Waals surface area contributed by atoms with Crippen molar-refractivity contribution in [3.05, 3.63) is 59.1 Å². The van der Waals surface area contributed by atoms with E-state index in [1.807, 2.05) is 23.1 Å². The second-order valence-corrected chi connectivity index (χ2v) is 6.46. The van der Waals surface area contributed by atoms with Crippen LogP contribution in [-0.2, 0) is 17.9 Å². The van der Waals surface area contributed by atoms with E-state index in [9.17, 15) is 4.79 Å². The zero-order valence-corrected chi connectivity index (χ0v) is 15.8. The van der Waals surface area contributed by atoms with Crippen molar-refractivity contribution >= 4 is 17.5 Å². The second kappa shape index (κ2) is 9.34. The van der Waals surface area contributed by atoms with Crippen LogP contribution < -0.4 is 5.32 Å². The predicted molar refractivity (Wildman–Crippen MR) is 101 cm³/mol. The van der Waals surface area contributed by atoms with Gasteiger partial charge in [-0.1, -0.05) is 36.7 Å². The standard InChI is InChI=1S/C19H21ClN4O3/c1-2-9-24(12-17(25)21-11-14-6-3-4-7-15(14)20)13-18-22-23-19(27-18)16-8-5-10-26-16/h3-8,10H,2,9,11-13H2,1H3,(H,21,25). The van der Waals surface area contributed by atoms with E-state index in [4.69, 9.17) is 20.4 Å². The van der Waals surface area contributed by atoms with Gasteiger partial charge in [0, 0.05) is 11.6 Å². The van der Waals surface area contributed by atoms with Gasteiger partial charge in [-0.05, 0) is 36.7 Å². The zero-order valence-electron chi connectivity index (χ0n) is 15.0. The van der Waals surface area contributed by atoms with E-state index in [2.05, 4.69) is 22.4 Å². The van der Waals surface area contributed by atoms with Crippen molar-refractivity contribution in [2.24, 2.45) is 0 Å². The quantitative estimate of drug-likeness (QED) is 0.603. The number of nitrogens with zero attached hydrogens (tertiary/aromatic N) is 3. The Morgan fingerprint density at radius 2 is 2.07 bits per heavy atom. The van der Waals surface area contributed by atoms with Crippen molar-refractivity contribution in [1.82, 2.24) is 20.4 Å². The smallest absolute Gasteiger partial charge is 0.283 e. The molecule has 8 heteroatoms. The number of benzene rings is 1. The SMILES string of the molecule is CCCN(CC(=O)NCc1ccccc1Cl)Cc1nnc(-c2ccco2)o1. The number of carbonyl (C=O) groups is 1. The van der Waals surface area contributed by atoms with Gasteiger partial charge in [0.05, 0.1) is 19.4 Å². The highest BCUT2D eigenvalue weighted by Crippen LogP contribution is 2.18. The molecule has 3 aromatic rings. The molecule has 27 heavy (non-hydrogen) atoms. The maximum absolute atomic E-state index is 12.3. The number of halogens is 1. The van der Waals surface area contributed by atoms with Crippen molar-refractivity contribution in [2.75, 3.05) is 13.1 Å². The topological polar surface area (TPSA) is 84.4 Å². The monoisotopic (exact) mass is 388 g/mol. The van der Waals surface area contributed by atoms with Crippen LogP contribution in [0.15, 0.2) is 51.5 Å². The molecule has 0 unspecified atom stereocenters. The summed E-state index contributed by atoms with van der Waals surface area (Å²) in [6, 6.07) is 11.0. The van der Waals surface area contributed by atoms with Crippen molar-refractivity contribution in [3.8, 4) is 11.7 Å². The van der Waals surface area contributed by atoms with E-state index < -0.39 is 0 Å². The lowest BCUT2D eigenvalue weighted by molar-refractivity contribution is -0.122. The van der Waals surface area contributed by atoms with Crippen LogP contribution in [0.5, 0.6) is 0 Å². The molecule has 2 aromatic heterocycles. The van der Waals surface area contributed by atoms with E-state index in [-0.39, 0.29) is 12.5 Å². The van der Waals surface area contributed by atoms with E-state index in [0.717, 1.165) is 18.5 Å². The highest BCUT2D eigenvalue weighted by Gasteiger charge is 2.16. The Kier molecular flexibility index (Phi) is 6.62. The Balaban J connectivity index is 1.55. The van der Waals surface area contributed by atoms with Gasteiger partial charge in [0.1, 0.15) is 0 Å². The molecule has 0 atom stereocenters. The molecule has 0 bridgehead atoms. The first-order chi connectivity index (χ1) is 13.2. The Morgan fingerprint density at radius 1 is 1.22 bits per heavy atom. The summed E-state index contributed by atoms with van der Waals surface area (Å²) in [6.45, 7) is 3.80. The molecular formula is C19H21ClN4O3. The molecule has 142 valence electrons. The van der Waals surface area contributed by atoms with Gasteiger partial charge in [-0.15, -0.1) is 10.2 Å². The Labute approximate surface area is 162 Å². The average molecular weight is 389 g/mol. The third-order valence-electron chi connectivity index (χ3n) is 3.90. The lowest BCUT2D eigenvalue weighted by atomic mass is 10.2. The number of carbonyl (C=O) groups excluding carboxylic acids is 1. The summed E-state index contributed by atoms with van der Waals surface area (Å²) >= 11 is 6.12. The first-order valence-corrected chi connectivity index (χ1v) is 9.12. The lowest BCUT2D eigenvalue weighted by Gasteiger charge is -2.19. The summed E-state index contributed by atoms with van der Waals surface area (Å²) in [5.74, 6) is 1.20. The fourth-order valence-corrected chi connectivity index (χ4v) is 2.84. The highest BCUT2D eigenvalue weighted by atomic mass is 35.5. The summed E-state index contributed by atoms with van der Waals surface area (Å²) in [4.78, 5) is 14.3. The van der Waals surface area contributed by atoms with Gasteiger partial charge in [0.15, 0.2) is 5.76 Å². The summed E-state index contributed by atoms with van der Waals surface area (Å²) in [6.07, 6.45) is 2.45. The maximum Gasteiger partial charge on any atom is 0.283 e. The number of amides is 1. The first-order valence-electron chi connectivity index (χ1n) is 8.74. The van der Waals surface area contributed by atoms with Gasteiger partial charge in [0.2, 0.25) is 11.8 Å². The average Bonchev–Trinajstić information content (AvgIpc) is 3.33. The van der Waals surface area contributed by atoms with Crippen molar-refractivity contribution in [1.29, 1.82) is 0 Å². The molecular weight excluding hydrogens is 368 g/mol. The van der Waals surface area contributed by atoms with E-state index in [1.54, 1.807) is 24.5 Å². The van der Waals surface area contributed by atoms with Gasteiger partial charge in [-0.25, -0.2) is 0 Å². The molecule has 2 heterocycles. The van der Waals surface area contributed by atoms with Gasteiger partial charge in [0.25, 0.3) is 5.89 Å². The molecule has 0 aliphatic heterocycles. The van der Waals surface area contributed by atoms with E-state index >= 15 is 0 Å². The minimum Gasteiger partial charge on any atom is -0.459 e.